The highest BCUT2D eigenvalue weighted by Crippen LogP contribution is 2.37. The van der Waals surface area contributed by atoms with E-state index in [0.717, 1.165) is 4.47 Å². The Morgan fingerprint density at radius 2 is 1.67 bits per heavy atom. The molecule has 0 aliphatic rings. The molecule has 5 heteroatoms. The summed E-state index contributed by atoms with van der Waals surface area (Å²) in [7, 11) is 3.13. The number of benzene rings is 1. The summed E-state index contributed by atoms with van der Waals surface area (Å²) >= 11 is 3.42. The molecule has 1 rings (SSSR count). The number of hydrogen-bond acceptors (Lipinski definition) is 4. The second kappa shape index (κ2) is 6.41. The number of nitrogens with two attached hydrogens (primary N) is 1. The van der Waals surface area contributed by atoms with Gasteiger partial charge in [0, 0.05) is 16.1 Å². The Hall–Kier alpha value is -0.780. The van der Waals surface area contributed by atoms with Gasteiger partial charge in [-0.2, -0.15) is 0 Å². The van der Waals surface area contributed by atoms with Gasteiger partial charge in [0.15, 0.2) is 11.5 Å². The van der Waals surface area contributed by atoms with Gasteiger partial charge < -0.3 is 20.3 Å². The maximum atomic E-state index is 10.3. The van der Waals surface area contributed by atoms with Crippen molar-refractivity contribution in [3.05, 3.63) is 22.2 Å². The lowest BCUT2D eigenvalue weighted by Gasteiger charge is -2.24. The summed E-state index contributed by atoms with van der Waals surface area (Å²) in [6.45, 7) is 3.95. The van der Waals surface area contributed by atoms with Crippen molar-refractivity contribution in [3.8, 4) is 11.5 Å². The normalized spacial score (nSPS) is 14.4. The third-order valence-corrected chi connectivity index (χ3v) is 3.64. The number of aliphatic hydroxyl groups excluding tert-OH is 1. The highest BCUT2D eigenvalue weighted by Gasteiger charge is 2.23. The first-order valence-electron chi connectivity index (χ1n) is 5.77. The predicted octanol–water partition coefficient (Wildman–Crippen LogP) is 2.48. The summed E-state index contributed by atoms with van der Waals surface area (Å²) in [5.74, 6) is 1.36. The van der Waals surface area contributed by atoms with Crippen LogP contribution in [0.1, 0.15) is 25.5 Å². The van der Waals surface area contributed by atoms with Crippen molar-refractivity contribution in [2.45, 2.75) is 26.0 Å². The van der Waals surface area contributed by atoms with E-state index in [-0.39, 0.29) is 12.0 Å². The van der Waals surface area contributed by atoms with Gasteiger partial charge in [-0.3, -0.25) is 0 Å². The molecule has 102 valence electrons. The number of aliphatic hydroxyl groups is 1. The van der Waals surface area contributed by atoms with Crippen LogP contribution >= 0.6 is 15.9 Å². The summed E-state index contributed by atoms with van der Waals surface area (Å²) in [4.78, 5) is 0. The number of rotatable bonds is 5. The minimum atomic E-state index is -0.751. The first-order valence-corrected chi connectivity index (χ1v) is 6.56. The first-order chi connectivity index (χ1) is 8.42. The van der Waals surface area contributed by atoms with E-state index in [1.807, 2.05) is 13.8 Å². The van der Waals surface area contributed by atoms with Gasteiger partial charge in [0.25, 0.3) is 0 Å². The summed E-state index contributed by atoms with van der Waals surface area (Å²) in [6, 6.07) is 3.18. The van der Waals surface area contributed by atoms with Gasteiger partial charge in [-0.15, -0.1) is 0 Å². The Kier molecular flexibility index (Phi) is 5.44. The average Bonchev–Trinajstić information content (AvgIpc) is 2.36. The SMILES string of the molecule is COc1cc(Br)c(C(O)C(N)C(C)C)cc1OC. The molecule has 0 bridgehead atoms. The van der Waals surface area contributed by atoms with E-state index in [4.69, 9.17) is 15.2 Å². The Labute approximate surface area is 116 Å². The Morgan fingerprint density at radius 1 is 1.17 bits per heavy atom. The summed E-state index contributed by atoms with van der Waals surface area (Å²) < 4.78 is 11.2. The van der Waals surface area contributed by atoms with Gasteiger partial charge in [0.05, 0.1) is 20.3 Å². The topological polar surface area (TPSA) is 64.7 Å². The molecule has 0 aromatic heterocycles. The zero-order valence-corrected chi connectivity index (χ0v) is 12.7. The van der Waals surface area contributed by atoms with E-state index in [1.54, 1.807) is 26.4 Å². The lowest BCUT2D eigenvalue weighted by atomic mass is 9.94. The molecule has 2 atom stereocenters. The molecule has 0 radical (unpaired) electrons. The number of hydrogen-bond donors (Lipinski definition) is 2. The maximum Gasteiger partial charge on any atom is 0.161 e. The van der Waals surface area contributed by atoms with E-state index in [1.165, 1.54) is 0 Å². The van der Waals surface area contributed by atoms with Gasteiger partial charge in [-0.1, -0.05) is 29.8 Å². The van der Waals surface area contributed by atoms with Crippen LogP contribution in [0, 0.1) is 5.92 Å². The van der Waals surface area contributed by atoms with Crippen molar-refractivity contribution in [3.63, 3.8) is 0 Å². The predicted molar refractivity (Wildman–Crippen MR) is 75.0 cm³/mol. The fourth-order valence-electron chi connectivity index (χ4n) is 1.67. The van der Waals surface area contributed by atoms with Crippen LogP contribution in [0.3, 0.4) is 0 Å². The number of ether oxygens (including phenoxy) is 2. The molecule has 0 fully saturated rings. The molecule has 2 unspecified atom stereocenters. The molecular formula is C13H20BrNO3. The summed E-state index contributed by atoms with van der Waals surface area (Å²) in [6.07, 6.45) is -0.751. The van der Waals surface area contributed by atoms with Crippen LogP contribution in [0.4, 0.5) is 0 Å². The van der Waals surface area contributed by atoms with Crippen LogP contribution in [0.25, 0.3) is 0 Å². The highest BCUT2D eigenvalue weighted by atomic mass is 79.9. The largest absolute Gasteiger partial charge is 0.493 e. The highest BCUT2D eigenvalue weighted by molar-refractivity contribution is 9.10. The van der Waals surface area contributed by atoms with Gasteiger partial charge in [0.1, 0.15) is 0 Å². The molecule has 0 aliphatic carbocycles. The Bertz CT molecular complexity index is 409. The number of methoxy groups -OCH3 is 2. The molecule has 1 aromatic rings. The Balaban J connectivity index is 3.16. The lowest BCUT2D eigenvalue weighted by molar-refractivity contribution is 0.124. The van der Waals surface area contributed by atoms with Crippen LogP contribution < -0.4 is 15.2 Å². The fourth-order valence-corrected chi connectivity index (χ4v) is 2.23. The average molecular weight is 318 g/mol. The second-order valence-corrected chi connectivity index (χ2v) is 5.35. The molecular weight excluding hydrogens is 298 g/mol. The molecule has 1 aromatic carbocycles. The minimum Gasteiger partial charge on any atom is -0.493 e. The summed E-state index contributed by atoms with van der Waals surface area (Å²) in [5, 5.41) is 10.3. The molecule has 0 spiro atoms. The van der Waals surface area contributed by atoms with E-state index < -0.39 is 6.10 Å². The fraction of sp³-hybridized carbons (Fsp3) is 0.538. The second-order valence-electron chi connectivity index (χ2n) is 4.49. The van der Waals surface area contributed by atoms with Crippen molar-refractivity contribution in [2.24, 2.45) is 11.7 Å². The van der Waals surface area contributed by atoms with E-state index in [2.05, 4.69) is 15.9 Å². The van der Waals surface area contributed by atoms with Gasteiger partial charge in [0.2, 0.25) is 0 Å². The monoisotopic (exact) mass is 317 g/mol. The minimum absolute atomic E-state index is 0.181. The molecule has 0 amide bonds. The maximum absolute atomic E-state index is 10.3. The van der Waals surface area contributed by atoms with Crippen molar-refractivity contribution in [1.29, 1.82) is 0 Å². The van der Waals surface area contributed by atoms with Gasteiger partial charge in [-0.05, 0) is 18.1 Å². The molecule has 18 heavy (non-hydrogen) atoms. The quantitative estimate of drug-likeness (QED) is 0.875. The first kappa shape index (κ1) is 15.3. The van der Waals surface area contributed by atoms with Crippen LogP contribution in [-0.2, 0) is 0 Å². The Morgan fingerprint density at radius 3 is 2.11 bits per heavy atom. The van der Waals surface area contributed by atoms with Crippen molar-refractivity contribution in [1.82, 2.24) is 0 Å². The zero-order valence-electron chi connectivity index (χ0n) is 11.1. The third-order valence-electron chi connectivity index (χ3n) is 2.96. The van der Waals surface area contributed by atoms with Gasteiger partial charge >= 0.3 is 0 Å². The number of halogens is 1. The van der Waals surface area contributed by atoms with Crippen LogP contribution in [0.5, 0.6) is 11.5 Å². The van der Waals surface area contributed by atoms with E-state index >= 15 is 0 Å². The van der Waals surface area contributed by atoms with Gasteiger partial charge in [-0.25, -0.2) is 0 Å². The molecule has 3 N–H and O–H groups in total. The lowest BCUT2D eigenvalue weighted by Crippen LogP contribution is -2.33. The molecule has 0 heterocycles. The molecule has 4 nitrogen and oxygen atoms in total. The third kappa shape index (κ3) is 3.16. The standard InChI is InChI=1S/C13H20BrNO3/c1-7(2)12(15)13(16)8-5-10(17-3)11(18-4)6-9(8)14/h5-7,12-13,16H,15H2,1-4H3. The molecule has 0 saturated heterocycles. The van der Waals surface area contributed by atoms with Crippen LogP contribution in [0.15, 0.2) is 16.6 Å². The van der Waals surface area contributed by atoms with Crippen molar-refractivity contribution >= 4 is 15.9 Å². The zero-order chi connectivity index (χ0) is 13.9. The molecule has 0 saturated carbocycles. The molecule has 0 aliphatic heterocycles. The van der Waals surface area contributed by atoms with E-state index in [0.29, 0.717) is 17.1 Å². The van der Waals surface area contributed by atoms with E-state index in [9.17, 15) is 5.11 Å². The smallest absolute Gasteiger partial charge is 0.161 e. The summed E-state index contributed by atoms with van der Waals surface area (Å²) in [5.41, 5.74) is 6.68. The van der Waals surface area contributed by atoms with Crippen molar-refractivity contribution in [2.75, 3.05) is 14.2 Å². The van der Waals surface area contributed by atoms with Crippen LogP contribution in [-0.4, -0.2) is 25.4 Å². The van der Waals surface area contributed by atoms with Crippen molar-refractivity contribution < 1.29 is 14.6 Å². The van der Waals surface area contributed by atoms with Crippen LogP contribution in [0.2, 0.25) is 0 Å².